The summed E-state index contributed by atoms with van der Waals surface area (Å²) in [6.07, 6.45) is 1.85. The van der Waals surface area contributed by atoms with Crippen LogP contribution in [0.3, 0.4) is 0 Å². The van der Waals surface area contributed by atoms with E-state index in [9.17, 15) is 0 Å². The molecule has 0 aliphatic carbocycles. The SMILES string of the molecule is [2H]c1c[n+](C)c(-c2ccc(C([2H])([2H])[2H])cc2C)cc1[Si](C)(C)C. The first-order valence-corrected chi connectivity index (χ1v) is 10.0. The number of hydrogen-bond donors (Lipinski definition) is 0. The fourth-order valence-electron chi connectivity index (χ4n) is 2.17. The van der Waals surface area contributed by atoms with Crippen LogP contribution in [0, 0.1) is 13.8 Å². The van der Waals surface area contributed by atoms with Crippen LogP contribution in [0.2, 0.25) is 19.6 Å². The van der Waals surface area contributed by atoms with E-state index in [0.717, 1.165) is 22.0 Å². The third-order valence-corrected chi connectivity index (χ3v) is 5.29. The highest BCUT2D eigenvalue weighted by Crippen LogP contribution is 2.21. The van der Waals surface area contributed by atoms with Gasteiger partial charge in [-0.1, -0.05) is 37.3 Å². The zero-order valence-electron chi connectivity index (χ0n) is 16.3. The third kappa shape index (κ3) is 2.95. The average molecular weight is 274 g/mol. The molecule has 1 aromatic carbocycles. The van der Waals surface area contributed by atoms with E-state index in [2.05, 4.69) is 25.7 Å². The number of benzene rings is 1. The molecule has 1 aromatic heterocycles. The fourth-order valence-corrected chi connectivity index (χ4v) is 3.24. The van der Waals surface area contributed by atoms with E-state index in [1.807, 2.05) is 30.8 Å². The van der Waals surface area contributed by atoms with Gasteiger partial charge in [-0.25, -0.2) is 4.57 Å². The Kier molecular flexibility index (Phi) is 2.46. The van der Waals surface area contributed by atoms with Crippen LogP contribution in [-0.2, 0) is 7.05 Å². The molecule has 0 unspecified atom stereocenters. The summed E-state index contributed by atoms with van der Waals surface area (Å²) in [6, 6.07) is 7.98. The van der Waals surface area contributed by atoms with Crippen molar-refractivity contribution >= 4 is 13.3 Å². The molecule has 0 N–H and O–H groups in total. The average Bonchev–Trinajstić information content (AvgIpc) is 2.36. The number of aryl methyl sites for hydroxylation is 3. The molecule has 0 bridgehead atoms. The molecule has 0 aliphatic heterocycles. The van der Waals surface area contributed by atoms with Gasteiger partial charge in [0.25, 0.3) is 0 Å². The molecule has 2 heteroatoms. The second kappa shape index (κ2) is 4.93. The van der Waals surface area contributed by atoms with Crippen molar-refractivity contribution in [2.24, 2.45) is 7.05 Å². The molecule has 0 amide bonds. The second-order valence-corrected chi connectivity index (χ2v) is 11.1. The second-order valence-electron chi connectivity index (χ2n) is 6.11. The zero-order chi connectivity index (χ0) is 17.6. The maximum Gasteiger partial charge on any atom is 0.212 e. The predicted molar refractivity (Wildman–Crippen MR) is 85.5 cm³/mol. The Labute approximate surface area is 123 Å². The van der Waals surface area contributed by atoms with Gasteiger partial charge in [-0.05, 0) is 30.6 Å². The van der Waals surface area contributed by atoms with Crippen molar-refractivity contribution in [3.05, 3.63) is 47.6 Å². The first-order chi connectivity index (χ1) is 10.4. The van der Waals surface area contributed by atoms with E-state index in [1.54, 1.807) is 12.1 Å². The van der Waals surface area contributed by atoms with Gasteiger partial charge in [0, 0.05) is 21.8 Å². The number of aromatic nitrogens is 1. The molecule has 19 heavy (non-hydrogen) atoms. The van der Waals surface area contributed by atoms with Crippen molar-refractivity contribution in [1.29, 1.82) is 0 Å². The molecule has 0 saturated carbocycles. The Balaban J connectivity index is 2.63. The summed E-state index contributed by atoms with van der Waals surface area (Å²) >= 11 is 0. The van der Waals surface area contributed by atoms with Crippen molar-refractivity contribution in [3.8, 4) is 11.3 Å². The Morgan fingerprint density at radius 3 is 2.53 bits per heavy atom. The first kappa shape index (κ1) is 9.48. The monoisotopic (exact) mass is 274 g/mol. The maximum absolute atomic E-state index is 8.24. The molecule has 0 atom stereocenters. The minimum absolute atomic E-state index is 0.365. The van der Waals surface area contributed by atoms with E-state index in [-0.39, 0.29) is 0 Å². The van der Waals surface area contributed by atoms with Crippen molar-refractivity contribution < 1.29 is 10.1 Å². The number of hydrogen-bond acceptors (Lipinski definition) is 0. The number of rotatable bonds is 2. The topological polar surface area (TPSA) is 3.88 Å². The molecule has 2 rings (SSSR count). The smallest absolute Gasteiger partial charge is 0.201 e. The Bertz CT molecular complexity index is 745. The van der Waals surface area contributed by atoms with Crippen LogP contribution < -0.4 is 9.75 Å². The van der Waals surface area contributed by atoms with Gasteiger partial charge >= 0.3 is 0 Å². The molecule has 100 valence electrons. The Morgan fingerprint density at radius 2 is 1.95 bits per heavy atom. The van der Waals surface area contributed by atoms with Crippen LogP contribution in [-0.4, -0.2) is 8.07 Å². The highest BCUT2D eigenvalue weighted by molar-refractivity contribution is 6.88. The molecule has 0 saturated heterocycles. The Hall–Kier alpha value is -1.41. The van der Waals surface area contributed by atoms with E-state index < -0.39 is 14.9 Å². The van der Waals surface area contributed by atoms with Gasteiger partial charge in [0.1, 0.15) is 7.05 Å². The molecule has 0 aliphatic rings. The lowest BCUT2D eigenvalue weighted by atomic mass is 10.0. The standard InChI is InChI=1S/C17H24NSi/c1-13-7-8-16(14(2)11-13)17-12-15(19(4,5)6)9-10-18(17)3/h7-12H,1-6H3/q+1/i1D3,9D. The summed E-state index contributed by atoms with van der Waals surface area (Å²) in [5.74, 6) is 0. The van der Waals surface area contributed by atoms with Crippen LogP contribution in [0.25, 0.3) is 11.3 Å². The van der Waals surface area contributed by atoms with E-state index >= 15 is 0 Å². The lowest BCUT2D eigenvalue weighted by Gasteiger charge is -2.16. The summed E-state index contributed by atoms with van der Waals surface area (Å²) < 4.78 is 32.8. The minimum Gasteiger partial charge on any atom is -0.201 e. The summed E-state index contributed by atoms with van der Waals surface area (Å²) in [6.45, 7) is 6.55. The van der Waals surface area contributed by atoms with Gasteiger partial charge in [0.2, 0.25) is 5.69 Å². The summed E-state index contributed by atoms with van der Waals surface area (Å²) in [4.78, 5) is 0. The largest absolute Gasteiger partial charge is 0.212 e. The van der Waals surface area contributed by atoms with Crippen LogP contribution in [0.5, 0.6) is 0 Å². The van der Waals surface area contributed by atoms with Gasteiger partial charge in [-0.3, -0.25) is 0 Å². The van der Waals surface area contributed by atoms with Crippen molar-refractivity contribution in [2.45, 2.75) is 33.4 Å². The predicted octanol–water partition coefficient (Wildman–Crippen LogP) is 3.34. The van der Waals surface area contributed by atoms with Crippen LogP contribution in [0.15, 0.2) is 36.5 Å². The van der Waals surface area contributed by atoms with Gasteiger partial charge in [-0.15, -0.1) is 0 Å². The molecule has 2 aromatic rings. The van der Waals surface area contributed by atoms with E-state index in [4.69, 9.17) is 5.48 Å². The normalized spacial score (nSPS) is 15.4. The van der Waals surface area contributed by atoms with Crippen molar-refractivity contribution in [3.63, 3.8) is 0 Å². The van der Waals surface area contributed by atoms with Crippen LogP contribution in [0.1, 0.15) is 16.6 Å². The zero-order valence-corrected chi connectivity index (χ0v) is 13.3. The highest BCUT2D eigenvalue weighted by Gasteiger charge is 2.21. The molecular formula is C17H24NSi+. The molecule has 0 fully saturated rings. The van der Waals surface area contributed by atoms with Crippen molar-refractivity contribution in [2.75, 3.05) is 0 Å². The van der Waals surface area contributed by atoms with Crippen LogP contribution in [0.4, 0.5) is 0 Å². The van der Waals surface area contributed by atoms with E-state index in [0.29, 0.717) is 11.6 Å². The number of pyridine rings is 1. The fraction of sp³-hybridized carbons (Fsp3) is 0.353. The van der Waals surface area contributed by atoms with Gasteiger partial charge in [-0.2, -0.15) is 0 Å². The van der Waals surface area contributed by atoms with Crippen LogP contribution >= 0.6 is 0 Å². The van der Waals surface area contributed by atoms with Gasteiger partial charge in [0.15, 0.2) is 6.20 Å². The molecule has 1 heterocycles. The molecule has 0 spiro atoms. The number of nitrogens with zero attached hydrogens (tertiary/aromatic N) is 1. The lowest BCUT2D eigenvalue weighted by molar-refractivity contribution is -0.660. The summed E-state index contributed by atoms with van der Waals surface area (Å²) in [7, 11) is 0.315. The molecule has 0 radical (unpaired) electrons. The lowest BCUT2D eigenvalue weighted by Crippen LogP contribution is -2.42. The third-order valence-electron chi connectivity index (χ3n) is 3.39. The highest BCUT2D eigenvalue weighted by atomic mass is 28.3. The Morgan fingerprint density at radius 1 is 1.21 bits per heavy atom. The maximum atomic E-state index is 8.24. The first-order valence-electron chi connectivity index (χ1n) is 8.53. The van der Waals surface area contributed by atoms with Gasteiger partial charge < -0.3 is 0 Å². The van der Waals surface area contributed by atoms with E-state index in [1.165, 1.54) is 0 Å². The summed E-state index contributed by atoms with van der Waals surface area (Å²) in [5, 5.41) is 1.12. The van der Waals surface area contributed by atoms with Crippen molar-refractivity contribution in [1.82, 2.24) is 0 Å². The van der Waals surface area contributed by atoms with Gasteiger partial charge in [0.05, 0.1) is 9.44 Å². The minimum atomic E-state index is -2.08. The molecular weight excluding hydrogens is 246 g/mol. The summed E-state index contributed by atoms with van der Waals surface area (Å²) in [5.41, 5.74) is 3.34. The quantitative estimate of drug-likeness (QED) is 0.584. The molecule has 1 nitrogen and oxygen atoms in total.